The van der Waals surface area contributed by atoms with Crippen LogP contribution in [0.3, 0.4) is 0 Å². The molecule has 0 unspecified atom stereocenters. The van der Waals surface area contributed by atoms with Crippen molar-refractivity contribution in [1.29, 1.82) is 0 Å². The summed E-state index contributed by atoms with van der Waals surface area (Å²) in [6, 6.07) is 0. The normalized spacial score (nSPS) is 6.36. The Hall–Kier alpha value is 0.908. The summed E-state index contributed by atoms with van der Waals surface area (Å²) < 4.78 is 17.0. The topological polar surface area (TPSA) is 196 Å². The van der Waals surface area contributed by atoms with Gasteiger partial charge in [-0.2, -0.15) is 0 Å². The van der Waals surface area contributed by atoms with Crippen molar-refractivity contribution in [1.82, 2.24) is 12.3 Å². The van der Waals surface area contributed by atoms with Crippen LogP contribution in [0.15, 0.2) is 0 Å². The standard InChI is InChI=1S/2H3N.2H3O3P.Pt/c;;2*1-4(2)3;/h2*1H3;2*4H,(H2,1,2,3);/q;;;;+4/p-4. The zero-order chi connectivity index (χ0) is 7.15. The summed E-state index contributed by atoms with van der Waals surface area (Å²) in [6.07, 6.45) is 0. The molecule has 11 heavy (non-hydrogen) atoms. The molecule has 0 atom stereocenters. The molecule has 74 valence electrons. The maximum absolute atomic E-state index is 8.52. The van der Waals surface area contributed by atoms with Crippen molar-refractivity contribution in [2.75, 3.05) is 0 Å². The number of rotatable bonds is 0. The average Bonchev–Trinajstić information content (AvgIpc) is 1.25. The van der Waals surface area contributed by atoms with E-state index in [-0.39, 0.29) is 33.4 Å². The van der Waals surface area contributed by atoms with Crippen LogP contribution in [0, 0.1) is 0 Å². The van der Waals surface area contributed by atoms with Gasteiger partial charge in [0.1, 0.15) is 0 Å². The summed E-state index contributed by atoms with van der Waals surface area (Å²) >= 11 is 0. The van der Waals surface area contributed by atoms with Crippen molar-refractivity contribution in [2.45, 2.75) is 0 Å². The van der Waals surface area contributed by atoms with Gasteiger partial charge in [0.2, 0.25) is 0 Å². The number of hydrogen-bond donors (Lipinski definition) is 2. The van der Waals surface area contributed by atoms with Gasteiger partial charge in [-0.3, -0.25) is 0 Å². The summed E-state index contributed by atoms with van der Waals surface area (Å²) in [7, 11) is -7.26. The summed E-state index contributed by atoms with van der Waals surface area (Å²) in [5, 5.41) is 0. The molecular formula is H8N2O6P2Pt. The van der Waals surface area contributed by atoms with E-state index in [4.69, 9.17) is 28.7 Å². The largest absolute Gasteiger partial charge is 4.00 e. The molecule has 0 bridgehead atoms. The van der Waals surface area contributed by atoms with Crippen molar-refractivity contribution in [3.8, 4) is 0 Å². The molecule has 0 saturated heterocycles. The van der Waals surface area contributed by atoms with Crippen LogP contribution in [0.2, 0.25) is 0 Å². The first kappa shape index (κ1) is 29.7. The third-order valence-electron chi connectivity index (χ3n) is 0. The molecule has 6 N–H and O–H groups in total. The first-order chi connectivity index (χ1) is 3.46. The van der Waals surface area contributed by atoms with Crippen molar-refractivity contribution < 1.29 is 49.8 Å². The molecule has 0 spiro atoms. The zero-order valence-electron chi connectivity index (χ0n) is 5.18. The van der Waals surface area contributed by atoms with Crippen LogP contribution in [-0.4, -0.2) is 0 Å². The molecule has 0 aliphatic rings. The third-order valence-corrected chi connectivity index (χ3v) is 0. The van der Waals surface area contributed by atoms with E-state index < -0.39 is 16.5 Å². The van der Waals surface area contributed by atoms with Gasteiger partial charge < -0.3 is 41.0 Å². The molecule has 0 heterocycles. The first-order valence-electron chi connectivity index (χ1n) is 1.22. The number of hydrogen-bond acceptors (Lipinski definition) is 8. The predicted molar refractivity (Wildman–Crippen MR) is 28.0 cm³/mol. The monoisotopic (exact) mass is 389 g/mol. The minimum atomic E-state index is -3.63. The van der Waals surface area contributed by atoms with Gasteiger partial charge in [0.05, 0.1) is 0 Å². The van der Waals surface area contributed by atoms with Gasteiger partial charge in [0.25, 0.3) is 0 Å². The molecule has 0 radical (unpaired) electrons. The van der Waals surface area contributed by atoms with E-state index in [2.05, 4.69) is 0 Å². The zero-order valence-corrected chi connectivity index (χ0v) is 9.45. The Labute approximate surface area is 79.0 Å². The summed E-state index contributed by atoms with van der Waals surface area (Å²) in [5.41, 5.74) is 0. The van der Waals surface area contributed by atoms with E-state index in [9.17, 15) is 0 Å². The van der Waals surface area contributed by atoms with Crippen LogP contribution in [0.4, 0.5) is 0 Å². The van der Waals surface area contributed by atoms with Crippen LogP contribution in [0.25, 0.3) is 0 Å². The average molecular weight is 389 g/mol. The maximum atomic E-state index is 8.52. The molecule has 0 fully saturated rings. The van der Waals surface area contributed by atoms with E-state index in [1.54, 1.807) is 0 Å². The second kappa shape index (κ2) is 22.4. The second-order valence-electron chi connectivity index (χ2n) is 0.500. The van der Waals surface area contributed by atoms with Crippen molar-refractivity contribution in [2.24, 2.45) is 0 Å². The molecule has 0 saturated carbocycles. The summed E-state index contributed by atoms with van der Waals surface area (Å²) in [4.78, 5) is 34.1. The van der Waals surface area contributed by atoms with Crippen molar-refractivity contribution in [3.63, 3.8) is 0 Å². The molecular weight excluding hydrogens is 381 g/mol. The minimum Gasteiger partial charge on any atom is -0.813 e. The van der Waals surface area contributed by atoms with Crippen LogP contribution in [-0.2, 0) is 30.2 Å². The van der Waals surface area contributed by atoms with Gasteiger partial charge in [-0.15, -0.1) is 0 Å². The van der Waals surface area contributed by atoms with Crippen molar-refractivity contribution in [3.05, 3.63) is 0 Å². The minimum absolute atomic E-state index is 0. The van der Waals surface area contributed by atoms with Crippen LogP contribution < -0.4 is 31.9 Å². The van der Waals surface area contributed by atoms with E-state index in [1.165, 1.54) is 0 Å². The Morgan fingerprint density at radius 1 is 0.727 bits per heavy atom. The maximum Gasteiger partial charge on any atom is 4.00 e. The molecule has 0 aliphatic carbocycles. The molecule has 0 rings (SSSR count). The van der Waals surface area contributed by atoms with Gasteiger partial charge in [-0.05, 0) is 0 Å². The molecule has 11 heteroatoms. The molecule has 0 amide bonds. The van der Waals surface area contributed by atoms with Gasteiger partial charge in [-0.1, -0.05) is 16.5 Å². The predicted octanol–water partition coefficient (Wildman–Crippen LogP) is -3.49. The van der Waals surface area contributed by atoms with E-state index in [1.807, 2.05) is 0 Å². The Bertz CT molecular complexity index is 76.6. The molecule has 8 nitrogen and oxygen atoms in total. The summed E-state index contributed by atoms with van der Waals surface area (Å²) in [5.74, 6) is 0. The van der Waals surface area contributed by atoms with E-state index >= 15 is 0 Å². The fourth-order valence-electron chi connectivity index (χ4n) is 0. The smallest absolute Gasteiger partial charge is 0.813 e. The molecule has 0 aliphatic heterocycles. The van der Waals surface area contributed by atoms with Crippen LogP contribution in [0.5, 0.6) is 0 Å². The fourth-order valence-corrected chi connectivity index (χ4v) is 0. The van der Waals surface area contributed by atoms with Crippen LogP contribution >= 0.6 is 16.5 Å². The van der Waals surface area contributed by atoms with E-state index in [0.29, 0.717) is 0 Å². The molecule has 0 aromatic carbocycles. The van der Waals surface area contributed by atoms with Gasteiger partial charge in [0.15, 0.2) is 0 Å². The van der Waals surface area contributed by atoms with E-state index in [0.717, 1.165) is 0 Å². The quantitative estimate of drug-likeness (QED) is 0.398. The Kier molecular flexibility index (Phi) is 60.6. The Morgan fingerprint density at radius 3 is 0.727 bits per heavy atom. The van der Waals surface area contributed by atoms with Crippen LogP contribution in [0.1, 0.15) is 0 Å². The molecule has 0 aromatic heterocycles. The van der Waals surface area contributed by atoms with Gasteiger partial charge in [0, 0.05) is 0 Å². The summed E-state index contributed by atoms with van der Waals surface area (Å²) in [6.45, 7) is 0. The van der Waals surface area contributed by atoms with Crippen molar-refractivity contribution >= 4 is 16.5 Å². The molecule has 0 aromatic rings. The Morgan fingerprint density at radius 2 is 0.727 bits per heavy atom. The SMILES string of the molecule is N.N.O=[PH]([O-])[O-].O=[PH]([O-])[O-].[Pt+4]. The second-order valence-corrected chi connectivity index (χ2v) is 1.50. The first-order valence-corrected chi connectivity index (χ1v) is 3.67. The Balaban J connectivity index is -0.0000000171. The van der Waals surface area contributed by atoms with Gasteiger partial charge >= 0.3 is 21.1 Å². The third kappa shape index (κ3) is 1050. The van der Waals surface area contributed by atoms with Gasteiger partial charge in [-0.25, -0.2) is 0 Å². The fraction of sp³-hybridized carbons (Fsp3) is 0.